The predicted molar refractivity (Wildman–Crippen MR) is 205 cm³/mol. The second-order valence-corrected chi connectivity index (χ2v) is 13.4. The van der Waals surface area contributed by atoms with Crippen molar-refractivity contribution >= 4 is 38.6 Å². The third-order valence-corrected chi connectivity index (χ3v) is 10.2. The number of para-hydroxylation sites is 1. The van der Waals surface area contributed by atoms with Gasteiger partial charge in [0.1, 0.15) is 0 Å². The summed E-state index contributed by atoms with van der Waals surface area (Å²) in [7, 11) is 0. The summed E-state index contributed by atoms with van der Waals surface area (Å²) in [4.78, 5) is 2.37. The van der Waals surface area contributed by atoms with Crippen LogP contribution in [0, 0.1) is 0 Å². The molecule has 0 atom stereocenters. The zero-order valence-electron chi connectivity index (χ0n) is 27.2. The minimum Gasteiger partial charge on any atom is -0.310 e. The van der Waals surface area contributed by atoms with Crippen LogP contribution in [-0.4, -0.2) is 0 Å². The molecular weight excluding hydrogens is 579 g/mol. The van der Waals surface area contributed by atoms with Crippen molar-refractivity contribution in [3.05, 3.63) is 187 Å². The smallest absolute Gasteiger partial charge is 0.0467 e. The van der Waals surface area contributed by atoms with Gasteiger partial charge < -0.3 is 4.90 Å². The van der Waals surface area contributed by atoms with E-state index in [1.54, 1.807) is 0 Å². The fraction of sp³-hybridized carbons (Fsp3) is 0.0638. The summed E-state index contributed by atoms with van der Waals surface area (Å²) in [5.74, 6) is 0. The van der Waals surface area contributed by atoms with Gasteiger partial charge in [0.05, 0.1) is 0 Å². The molecular formula is C47H35N. The van der Waals surface area contributed by atoms with Gasteiger partial charge >= 0.3 is 0 Å². The lowest BCUT2D eigenvalue weighted by Crippen LogP contribution is -2.14. The number of anilines is 3. The van der Waals surface area contributed by atoms with Crippen molar-refractivity contribution in [1.82, 2.24) is 0 Å². The highest BCUT2D eigenvalue weighted by molar-refractivity contribution is 6.19. The van der Waals surface area contributed by atoms with Crippen LogP contribution in [0.3, 0.4) is 0 Å². The van der Waals surface area contributed by atoms with E-state index in [0.717, 1.165) is 17.1 Å². The van der Waals surface area contributed by atoms with E-state index in [0.29, 0.717) is 0 Å². The Morgan fingerprint density at radius 2 is 0.875 bits per heavy atom. The molecule has 0 fully saturated rings. The Kier molecular flexibility index (Phi) is 6.55. The van der Waals surface area contributed by atoms with E-state index in [9.17, 15) is 0 Å². The van der Waals surface area contributed by atoms with Crippen LogP contribution in [0.1, 0.15) is 25.0 Å². The van der Waals surface area contributed by atoms with Gasteiger partial charge in [0.25, 0.3) is 0 Å². The summed E-state index contributed by atoms with van der Waals surface area (Å²) in [6.07, 6.45) is 0. The average molecular weight is 614 g/mol. The Morgan fingerprint density at radius 1 is 0.375 bits per heavy atom. The van der Waals surface area contributed by atoms with E-state index >= 15 is 0 Å². The van der Waals surface area contributed by atoms with E-state index in [-0.39, 0.29) is 5.41 Å². The molecule has 0 N–H and O–H groups in total. The first-order valence-corrected chi connectivity index (χ1v) is 16.8. The molecule has 1 aliphatic carbocycles. The topological polar surface area (TPSA) is 3.24 Å². The highest BCUT2D eigenvalue weighted by Crippen LogP contribution is 2.51. The largest absolute Gasteiger partial charge is 0.310 e. The number of rotatable bonds is 6. The molecule has 0 amide bonds. The first-order chi connectivity index (χ1) is 23.6. The number of nitrogens with zero attached hydrogens (tertiary/aromatic N) is 1. The highest BCUT2D eigenvalue weighted by atomic mass is 15.1. The van der Waals surface area contributed by atoms with E-state index in [2.05, 4.69) is 195 Å². The first kappa shape index (κ1) is 28.3. The van der Waals surface area contributed by atoms with Gasteiger partial charge in [0.15, 0.2) is 0 Å². The molecule has 8 aromatic rings. The Hall–Kier alpha value is -5.92. The minimum absolute atomic E-state index is 0.0151. The maximum atomic E-state index is 2.40. The van der Waals surface area contributed by atoms with E-state index in [1.165, 1.54) is 66.1 Å². The molecule has 1 aliphatic rings. The second kappa shape index (κ2) is 11.1. The predicted octanol–water partition coefficient (Wildman–Crippen LogP) is 13.1. The molecule has 228 valence electrons. The van der Waals surface area contributed by atoms with Crippen molar-refractivity contribution in [3.8, 4) is 33.4 Å². The molecule has 0 aliphatic heterocycles. The second-order valence-electron chi connectivity index (χ2n) is 13.4. The number of benzene rings is 8. The summed E-state index contributed by atoms with van der Waals surface area (Å²) in [6.45, 7) is 4.72. The normalized spacial score (nSPS) is 13.0. The molecule has 0 aromatic heterocycles. The van der Waals surface area contributed by atoms with Gasteiger partial charge in [-0.25, -0.2) is 0 Å². The molecule has 0 bridgehead atoms. The van der Waals surface area contributed by atoms with E-state index < -0.39 is 0 Å². The number of hydrogen-bond acceptors (Lipinski definition) is 1. The molecule has 0 radical (unpaired) electrons. The maximum Gasteiger partial charge on any atom is 0.0467 e. The molecule has 0 saturated carbocycles. The van der Waals surface area contributed by atoms with Crippen LogP contribution in [0.5, 0.6) is 0 Å². The van der Waals surface area contributed by atoms with Crippen molar-refractivity contribution in [3.63, 3.8) is 0 Å². The molecule has 1 heteroatoms. The average Bonchev–Trinajstić information content (AvgIpc) is 3.39. The van der Waals surface area contributed by atoms with Crippen molar-refractivity contribution in [1.29, 1.82) is 0 Å². The Bertz CT molecular complexity index is 2460. The van der Waals surface area contributed by atoms with E-state index in [4.69, 9.17) is 0 Å². The molecule has 0 spiro atoms. The molecule has 0 saturated heterocycles. The lowest BCUT2D eigenvalue weighted by atomic mass is 9.82. The van der Waals surface area contributed by atoms with Crippen LogP contribution < -0.4 is 4.90 Å². The third kappa shape index (κ3) is 4.54. The standard InChI is InChI=1S/C47H35N/c1-47(2)43-23-11-17-37-31-42(41-22-12-24-44(47)46(41)45(37)43)36-16-10-21-40(30-36)48(38-18-7-4-8-19-38)39-20-9-15-35(29-39)34-27-25-33(26-28-34)32-13-5-3-6-14-32/h3-31H,1-2H3. The van der Waals surface area contributed by atoms with Crippen LogP contribution in [0.2, 0.25) is 0 Å². The van der Waals surface area contributed by atoms with Crippen molar-refractivity contribution in [2.75, 3.05) is 4.90 Å². The molecule has 9 rings (SSSR count). The van der Waals surface area contributed by atoms with Gasteiger partial charge in [-0.1, -0.05) is 147 Å². The summed E-state index contributed by atoms with van der Waals surface area (Å²) < 4.78 is 0. The SMILES string of the molecule is CC1(C)c2cccc3cc(-c4cccc(N(c5ccccc5)c5cccc(-c6ccc(-c7ccccc7)cc6)c5)c4)c4cccc1c4c23. The molecule has 0 heterocycles. The van der Waals surface area contributed by atoms with Gasteiger partial charge in [-0.15, -0.1) is 0 Å². The highest BCUT2D eigenvalue weighted by Gasteiger charge is 2.34. The zero-order chi connectivity index (χ0) is 32.2. The lowest BCUT2D eigenvalue weighted by Gasteiger charge is -2.26. The van der Waals surface area contributed by atoms with Crippen LogP contribution in [0.25, 0.3) is 54.9 Å². The first-order valence-electron chi connectivity index (χ1n) is 16.8. The minimum atomic E-state index is -0.0151. The van der Waals surface area contributed by atoms with Gasteiger partial charge in [-0.2, -0.15) is 0 Å². The zero-order valence-corrected chi connectivity index (χ0v) is 27.2. The van der Waals surface area contributed by atoms with Crippen LogP contribution in [0.15, 0.2) is 176 Å². The van der Waals surface area contributed by atoms with Gasteiger partial charge in [0, 0.05) is 22.5 Å². The molecule has 8 aromatic carbocycles. The van der Waals surface area contributed by atoms with E-state index in [1.807, 2.05) is 0 Å². The quantitative estimate of drug-likeness (QED) is 0.169. The van der Waals surface area contributed by atoms with Crippen LogP contribution in [-0.2, 0) is 5.41 Å². The van der Waals surface area contributed by atoms with Crippen molar-refractivity contribution in [2.24, 2.45) is 0 Å². The van der Waals surface area contributed by atoms with Gasteiger partial charge in [-0.05, 0) is 109 Å². The van der Waals surface area contributed by atoms with Crippen molar-refractivity contribution in [2.45, 2.75) is 19.3 Å². The fourth-order valence-electron chi connectivity index (χ4n) is 7.82. The fourth-order valence-corrected chi connectivity index (χ4v) is 7.82. The summed E-state index contributed by atoms with van der Waals surface area (Å²) in [5.41, 5.74) is 13.5. The lowest BCUT2D eigenvalue weighted by molar-refractivity contribution is 0.663. The monoisotopic (exact) mass is 613 g/mol. The Balaban J connectivity index is 1.17. The summed E-state index contributed by atoms with van der Waals surface area (Å²) in [6, 6.07) is 64.2. The Labute approximate surface area is 282 Å². The molecule has 48 heavy (non-hydrogen) atoms. The molecule has 0 unspecified atom stereocenters. The molecule has 1 nitrogen and oxygen atoms in total. The summed E-state index contributed by atoms with van der Waals surface area (Å²) in [5, 5.41) is 5.45. The van der Waals surface area contributed by atoms with Gasteiger partial charge in [-0.3, -0.25) is 0 Å². The third-order valence-electron chi connectivity index (χ3n) is 10.2. The van der Waals surface area contributed by atoms with Crippen molar-refractivity contribution < 1.29 is 0 Å². The number of hydrogen-bond donors (Lipinski definition) is 0. The van der Waals surface area contributed by atoms with Crippen LogP contribution in [0.4, 0.5) is 17.1 Å². The van der Waals surface area contributed by atoms with Crippen LogP contribution >= 0.6 is 0 Å². The summed E-state index contributed by atoms with van der Waals surface area (Å²) >= 11 is 0. The van der Waals surface area contributed by atoms with Gasteiger partial charge in [0.2, 0.25) is 0 Å². The Morgan fingerprint density at radius 3 is 1.58 bits per heavy atom. The maximum absolute atomic E-state index is 2.40.